The average molecular weight is 487 g/mol. The van der Waals surface area contributed by atoms with Crippen LogP contribution in [0.5, 0.6) is 11.5 Å². The number of anilines is 1. The second-order valence-electron chi connectivity index (χ2n) is 8.70. The van der Waals surface area contributed by atoms with Crippen LogP contribution in [0.2, 0.25) is 0 Å². The number of nitrogens with zero attached hydrogens (tertiary/aromatic N) is 3. The second kappa shape index (κ2) is 10.1. The van der Waals surface area contributed by atoms with E-state index in [1.54, 1.807) is 43.0 Å². The van der Waals surface area contributed by atoms with Gasteiger partial charge in [-0.3, -0.25) is 9.36 Å². The minimum atomic E-state index is -0.536. The molecule has 4 rings (SSSR count). The molecule has 0 fully saturated rings. The van der Waals surface area contributed by atoms with Crippen molar-refractivity contribution in [3.63, 3.8) is 0 Å². The van der Waals surface area contributed by atoms with Gasteiger partial charge in [-0.05, 0) is 62.2 Å². The molecule has 1 atom stereocenters. The maximum absolute atomic E-state index is 13.7. The van der Waals surface area contributed by atoms with E-state index in [2.05, 4.69) is 5.32 Å². The van der Waals surface area contributed by atoms with Crippen LogP contribution in [0.1, 0.15) is 29.9 Å². The third-order valence-electron chi connectivity index (χ3n) is 6.33. The number of hydrogen-bond donors (Lipinski definition) is 1. The van der Waals surface area contributed by atoms with Crippen molar-refractivity contribution in [1.29, 1.82) is 0 Å². The van der Waals surface area contributed by atoms with E-state index in [0.29, 0.717) is 33.9 Å². The Labute approximate surface area is 210 Å². The van der Waals surface area contributed by atoms with E-state index < -0.39 is 6.04 Å². The van der Waals surface area contributed by atoms with Gasteiger partial charge in [0.25, 0.3) is 5.56 Å². The molecule has 4 aromatic rings. The van der Waals surface area contributed by atoms with Crippen LogP contribution < -0.4 is 20.3 Å². The molecular weight excluding hydrogens is 456 g/mol. The molecule has 0 aliphatic rings. The molecule has 8 heteroatoms. The Morgan fingerprint density at radius 3 is 2.50 bits per heavy atom. The van der Waals surface area contributed by atoms with E-state index in [-0.39, 0.29) is 11.6 Å². The summed E-state index contributed by atoms with van der Waals surface area (Å²) in [7, 11) is 4.76. The van der Waals surface area contributed by atoms with Gasteiger partial charge >= 0.3 is 6.03 Å². The Bertz CT molecular complexity index is 1500. The van der Waals surface area contributed by atoms with Gasteiger partial charge in [0.2, 0.25) is 0 Å². The topological polar surface area (TPSA) is 85.7 Å². The molecule has 1 N–H and O–H groups in total. The first-order chi connectivity index (χ1) is 17.2. The van der Waals surface area contributed by atoms with Crippen LogP contribution in [0, 0.1) is 13.8 Å². The second-order valence-corrected chi connectivity index (χ2v) is 8.70. The molecular formula is C28H30N4O4. The Morgan fingerprint density at radius 2 is 1.78 bits per heavy atom. The summed E-state index contributed by atoms with van der Waals surface area (Å²) < 4.78 is 12.3. The van der Waals surface area contributed by atoms with Crippen molar-refractivity contribution >= 4 is 22.6 Å². The molecule has 186 valence electrons. The lowest BCUT2D eigenvalue weighted by atomic mass is 10.1. The first-order valence-electron chi connectivity index (χ1n) is 11.6. The van der Waals surface area contributed by atoms with Crippen LogP contribution >= 0.6 is 0 Å². The maximum atomic E-state index is 13.7. The molecule has 0 aliphatic heterocycles. The summed E-state index contributed by atoms with van der Waals surface area (Å²) in [5.74, 6) is 1.55. The van der Waals surface area contributed by atoms with Crippen molar-refractivity contribution in [1.82, 2.24) is 14.5 Å². The molecule has 1 heterocycles. The Balaban J connectivity index is 1.78. The van der Waals surface area contributed by atoms with Crippen molar-refractivity contribution in [2.24, 2.45) is 0 Å². The summed E-state index contributed by atoms with van der Waals surface area (Å²) in [6.07, 6.45) is 0. The van der Waals surface area contributed by atoms with E-state index in [4.69, 9.17) is 14.5 Å². The number of benzene rings is 3. The fourth-order valence-electron chi connectivity index (χ4n) is 4.08. The average Bonchev–Trinajstić information content (AvgIpc) is 2.89. The van der Waals surface area contributed by atoms with Gasteiger partial charge in [0.15, 0.2) is 0 Å². The third kappa shape index (κ3) is 4.62. The van der Waals surface area contributed by atoms with Crippen molar-refractivity contribution in [2.45, 2.75) is 26.8 Å². The van der Waals surface area contributed by atoms with Gasteiger partial charge in [-0.2, -0.15) is 0 Å². The zero-order valence-corrected chi connectivity index (χ0v) is 21.3. The minimum Gasteiger partial charge on any atom is -0.497 e. The number of carbonyl (C=O) groups is 1. The molecule has 0 saturated heterocycles. The molecule has 1 unspecified atom stereocenters. The van der Waals surface area contributed by atoms with Gasteiger partial charge in [0.1, 0.15) is 17.3 Å². The molecule has 36 heavy (non-hydrogen) atoms. The summed E-state index contributed by atoms with van der Waals surface area (Å²) in [6.45, 7) is 5.79. The number of hydrogen-bond acceptors (Lipinski definition) is 5. The standard InChI is InChI=1S/C28H30N4O4/c1-17-11-12-18(2)24(15-17)32-26(29-22-10-8-7-9-21(22)27(32)33)19(3)31(4)28(34)30-23-14-13-20(35-5)16-25(23)36-6/h7-16,19H,1-6H3,(H,30,34). The number of urea groups is 1. The lowest BCUT2D eigenvalue weighted by molar-refractivity contribution is 0.205. The van der Waals surface area contributed by atoms with Crippen molar-refractivity contribution in [3.05, 3.63) is 88.0 Å². The number of ether oxygens (including phenoxy) is 2. The lowest BCUT2D eigenvalue weighted by Gasteiger charge is -2.28. The first kappa shape index (κ1) is 24.8. The van der Waals surface area contributed by atoms with E-state index in [1.165, 1.54) is 12.0 Å². The highest BCUT2D eigenvalue weighted by atomic mass is 16.5. The van der Waals surface area contributed by atoms with Crippen molar-refractivity contribution in [2.75, 3.05) is 26.6 Å². The lowest BCUT2D eigenvalue weighted by Crippen LogP contribution is -2.37. The summed E-state index contributed by atoms with van der Waals surface area (Å²) >= 11 is 0. The van der Waals surface area contributed by atoms with Crippen LogP contribution in [-0.2, 0) is 0 Å². The predicted octanol–water partition coefficient (Wildman–Crippen LogP) is 5.24. The fraction of sp³-hybridized carbons (Fsp3) is 0.250. The zero-order valence-electron chi connectivity index (χ0n) is 21.3. The summed E-state index contributed by atoms with van der Waals surface area (Å²) in [5, 5.41) is 3.40. The van der Waals surface area contributed by atoms with Crippen LogP contribution in [0.25, 0.3) is 16.6 Å². The fourth-order valence-corrected chi connectivity index (χ4v) is 4.08. The molecule has 3 aromatic carbocycles. The SMILES string of the molecule is COc1ccc(NC(=O)N(C)C(C)c2nc3ccccc3c(=O)n2-c2cc(C)ccc2C)c(OC)c1. The number of rotatable bonds is 6. The monoisotopic (exact) mass is 486 g/mol. The molecule has 0 aliphatic carbocycles. The van der Waals surface area contributed by atoms with Crippen LogP contribution in [-0.4, -0.2) is 41.7 Å². The van der Waals surface area contributed by atoms with Gasteiger partial charge in [0, 0.05) is 13.1 Å². The number of aromatic nitrogens is 2. The Hall–Kier alpha value is -4.33. The van der Waals surface area contributed by atoms with E-state index in [9.17, 15) is 9.59 Å². The number of carbonyl (C=O) groups excluding carboxylic acids is 1. The summed E-state index contributed by atoms with van der Waals surface area (Å²) in [6, 6.07) is 17.4. The predicted molar refractivity (Wildman–Crippen MR) is 142 cm³/mol. The van der Waals surface area contributed by atoms with Gasteiger partial charge < -0.3 is 19.7 Å². The van der Waals surface area contributed by atoms with Crippen LogP contribution in [0.15, 0.2) is 65.5 Å². The highest BCUT2D eigenvalue weighted by molar-refractivity contribution is 5.91. The van der Waals surface area contributed by atoms with E-state index in [1.807, 2.05) is 57.2 Å². The van der Waals surface area contributed by atoms with Gasteiger partial charge in [0.05, 0.1) is 42.5 Å². The number of fused-ring (bicyclic) bond motifs is 1. The van der Waals surface area contributed by atoms with Crippen molar-refractivity contribution in [3.8, 4) is 17.2 Å². The molecule has 8 nitrogen and oxygen atoms in total. The number of methoxy groups -OCH3 is 2. The smallest absolute Gasteiger partial charge is 0.322 e. The molecule has 0 radical (unpaired) electrons. The number of amides is 2. The summed E-state index contributed by atoms with van der Waals surface area (Å²) in [5.41, 5.74) is 3.60. The van der Waals surface area contributed by atoms with Gasteiger partial charge in [-0.15, -0.1) is 0 Å². The van der Waals surface area contributed by atoms with Crippen molar-refractivity contribution < 1.29 is 14.3 Å². The molecule has 0 saturated carbocycles. The highest BCUT2D eigenvalue weighted by Gasteiger charge is 2.25. The Morgan fingerprint density at radius 1 is 1.03 bits per heavy atom. The van der Waals surface area contributed by atoms with Crippen LogP contribution in [0.3, 0.4) is 0 Å². The van der Waals surface area contributed by atoms with Crippen LogP contribution in [0.4, 0.5) is 10.5 Å². The highest BCUT2D eigenvalue weighted by Crippen LogP contribution is 2.30. The van der Waals surface area contributed by atoms with E-state index in [0.717, 1.165) is 16.8 Å². The first-order valence-corrected chi connectivity index (χ1v) is 11.6. The molecule has 1 aromatic heterocycles. The summed E-state index contributed by atoms with van der Waals surface area (Å²) in [4.78, 5) is 33.4. The normalized spacial score (nSPS) is 11.7. The number of para-hydroxylation sites is 1. The van der Waals surface area contributed by atoms with Gasteiger partial charge in [-0.25, -0.2) is 9.78 Å². The quantitative estimate of drug-likeness (QED) is 0.403. The maximum Gasteiger partial charge on any atom is 0.322 e. The zero-order chi connectivity index (χ0) is 26.0. The Kier molecular flexibility index (Phi) is 6.96. The number of aryl methyl sites for hydroxylation is 2. The van der Waals surface area contributed by atoms with Gasteiger partial charge in [-0.1, -0.05) is 24.3 Å². The minimum absolute atomic E-state index is 0.179. The largest absolute Gasteiger partial charge is 0.497 e. The van der Waals surface area contributed by atoms with E-state index >= 15 is 0 Å². The number of nitrogens with one attached hydrogen (secondary N) is 1. The molecule has 0 bridgehead atoms. The molecule has 0 spiro atoms. The molecule has 2 amide bonds. The third-order valence-corrected chi connectivity index (χ3v) is 6.33.